The molecule has 1 N–H and O–H groups in total. The smallest absolute Gasteiger partial charge is 0.123 e. The molecule has 0 bridgehead atoms. The van der Waals surface area contributed by atoms with Gasteiger partial charge in [0.2, 0.25) is 0 Å². The molecule has 1 aromatic carbocycles. The minimum Gasteiger partial charge on any atom is -0.497 e. The summed E-state index contributed by atoms with van der Waals surface area (Å²) in [5, 5.41) is 12.8. The van der Waals surface area contributed by atoms with Gasteiger partial charge in [-0.3, -0.25) is 5.32 Å². The highest BCUT2D eigenvalue weighted by Gasteiger charge is 2.36. The Morgan fingerprint density at radius 2 is 2.25 bits per heavy atom. The van der Waals surface area contributed by atoms with E-state index in [0.29, 0.717) is 0 Å². The molecular formula is C16H22N2O2. The lowest BCUT2D eigenvalue weighted by Gasteiger charge is -2.36. The van der Waals surface area contributed by atoms with Crippen LogP contribution in [-0.4, -0.2) is 25.3 Å². The average molecular weight is 274 g/mol. The fourth-order valence-corrected chi connectivity index (χ4v) is 2.83. The van der Waals surface area contributed by atoms with Crippen LogP contribution in [0.3, 0.4) is 0 Å². The molecule has 1 fully saturated rings. The third kappa shape index (κ3) is 3.43. The zero-order chi connectivity index (χ0) is 14.4. The predicted octanol–water partition coefficient (Wildman–Crippen LogP) is 2.89. The van der Waals surface area contributed by atoms with Gasteiger partial charge in [-0.2, -0.15) is 5.26 Å². The Bertz CT molecular complexity index is 480. The third-order valence-electron chi connectivity index (χ3n) is 3.78. The van der Waals surface area contributed by atoms with Crippen molar-refractivity contribution in [3.63, 3.8) is 0 Å². The number of hydrogen-bond acceptors (Lipinski definition) is 4. The molecule has 2 rings (SSSR count). The number of ether oxygens (including phenoxy) is 2. The summed E-state index contributed by atoms with van der Waals surface area (Å²) in [5.41, 5.74) is -0.434. The van der Waals surface area contributed by atoms with Gasteiger partial charge in [-0.1, -0.05) is 13.0 Å². The average Bonchev–Trinajstić information content (AvgIpc) is 2.48. The fraction of sp³-hybridized carbons (Fsp3) is 0.562. The lowest BCUT2D eigenvalue weighted by atomic mass is 9.81. The molecule has 1 saturated carbocycles. The largest absolute Gasteiger partial charge is 0.497 e. The van der Waals surface area contributed by atoms with Crippen LogP contribution in [0.25, 0.3) is 0 Å². The minimum absolute atomic E-state index is 0.0783. The van der Waals surface area contributed by atoms with Gasteiger partial charge < -0.3 is 9.47 Å². The van der Waals surface area contributed by atoms with Crippen molar-refractivity contribution in [3.05, 3.63) is 24.3 Å². The molecule has 0 amide bonds. The Hall–Kier alpha value is -1.73. The van der Waals surface area contributed by atoms with Crippen LogP contribution in [-0.2, 0) is 0 Å². The first kappa shape index (κ1) is 14.7. The maximum Gasteiger partial charge on any atom is 0.123 e. The van der Waals surface area contributed by atoms with Gasteiger partial charge in [-0.05, 0) is 37.9 Å². The normalized spacial score (nSPS) is 25.8. The molecular weight excluding hydrogens is 252 g/mol. The van der Waals surface area contributed by atoms with Crippen molar-refractivity contribution in [3.8, 4) is 17.6 Å². The number of rotatable bonds is 5. The van der Waals surface area contributed by atoms with Crippen LogP contribution in [0.4, 0.5) is 0 Å². The summed E-state index contributed by atoms with van der Waals surface area (Å²) < 4.78 is 11.2. The van der Waals surface area contributed by atoms with Crippen LogP contribution < -0.4 is 14.8 Å². The molecule has 108 valence electrons. The first-order valence-electron chi connectivity index (χ1n) is 7.18. The van der Waals surface area contributed by atoms with Crippen LogP contribution in [0.5, 0.6) is 11.5 Å². The lowest BCUT2D eigenvalue weighted by molar-refractivity contribution is 0.113. The lowest BCUT2D eigenvalue weighted by Crippen LogP contribution is -2.49. The van der Waals surface area contributed by atoms with E-state index in [2.05, 4.69) is 11.4 Å². The summed E-state index contributed by atoms with van der Waals surface area (Å²) >= 11 is 0. The Morgan fingerprint density at radius 3 is 2.95 bits per heavy atom. The van der Waals surface area contributed by atoms with Crippen LogP contribution >= 0.6 is 0 Å². The Kier molecular flexibility index (Phi) is 4.86. The zero-order valence-corrected chi connectivity index (χ0v) is 12.2. The maximum atomic E-state index is 9.45. The first-order valence-corrected chi connectivity index (χ1v) is 7.18. The molecule has 1 aliphatic carbocycles. The molecule has 0 aromatic heterocycles. The van der Waals surface area contributed by atoms with Crippen molar-refractivity contribution < 1.29 is 9.47 Å². The molecule has 2 atom stereocenters. The Morgan fingerprint density at radius 1 is 1.45 bits per heavy atom. The highest BCUT2D eigenvalue weighted by Crippen LogP contribution is 2.31. The number of nitrogens with zero attached hydrogens (tertiary/aromatic N) is 1. The second-order valence-corrected chi connectivity index (χ2v) is 5.24. The second kappa shape index (κ2) is 6.62. The fourth-order valence-electron chi connectivity index (χ4n) is 2.83. The van der Waals surface area contributed by atoms with E-state index < -0.39 is 5.54 Å². The van der Waals surface area contributed by atoms with Gasteiger partial charge in [-0.25, -0.2) is 0 Å². The summed E-state index contributed by atoms with van der Waals surface area (Å²) in [5.74, 6) is 1.59. The van der Waals surface area contributed by atoms with Crippen molar-refractivity contribution >= 4 is 0 Å². The number of nitriles is 1. The van der Waals surface area contributed by atoms with E-state index in [1.54, 1.807) is 7.11 Å². The Labute approximate surface area is 120 Å². The van der Waals surface area contributed by atoms with E-state index in [9.17, 15) is 5.26 Å². The zero-order valence-electron chi connectivity index (χ0n) is 12.2. The second-order valence-electron chi connectivity index (χ2n) is 5.24. The highest BCUT2D eigenvalue weighted by molar-refractivity contribution is 5.33. The standard InChI is InChI=1S/C16H22N2O2/c1-3-18-16(12-17)9-5-8-15(11-16)20-14-7-4-6-13(10-14)19-2/h4,6-7,10,15,18H,3,5,8-9,11H2,1-2H3. The molecule has 4 heteroatoms. The van der Waals surface area contributed by atoms with Crippen LogP contribution in [0.2, 0.25) is 0 Å². The summed E-state index contributed by atoms with van der Waals surface area (Å²) in [6, 6.07) is 10.1. The molecule has 1 aliphatic rings. The first-order chi connectivity index (χ1) is 9.71. The molecule has 0 radical (unpaired) electrons. The number of hydrogen-bond donors (Lipinski definition) is 1. The van der Waals surface area contributed by atoms with E-state index >= 15 is 0 Å². The van der Waals surface area contributed by atoms with Gasteiger partial charge in [-0.15, -0.1) is 0 Å². The maximum absolute atomic E-state index is 9.45. The number of methoxy groups -OCH3 is 1. The SMILES string of the molecule is CCNC1(C#N)CCCC(Oc2cccc(OC)c2)C1. The Balaban J connectivity index is 2.04. The van der Waals surface area contributed by atoms with Gasteiger partial charge in [0.1, 0.15) is 23.1 Å². The van der Waals surface area contributed by atoms with Gasteiger partial charge in [0.05, 0.1) is 13.2 Å². The summed E-state index contributed by atoms with van der Waals surface area (Å²) in [4.78, 5) is 0. The topological polar surface area (TPSA) is 54.3 Å². The number of nitrogens with one attached hydrogen (secondary N) is 1. The summed E-state index contributed by atoms with van der Waals surface area (Å²) in [6.45, 7) is 2.84. The summed E-state index contributed by atoms with van der Waals surface area (Å²) in [6.07, 6.45) is 3.71. The molecule has 0 heterocycles. The molecule has 0 saturated heterocycles. The minimum atomic E-state index is -0.434. The van der Waals surface area contributed by atoms with E-state index in [1.807, 2.05) is 31.2 Å². The van der Waals surface area contributed by atoms with Gasteiger partial charge in [0.15, 0.2) is 0 Å². The van der Waals surface area contributed by atoms with Crippen molar-refractivity contribution in [2.75, 3.05) is 13.7 Å². The van der Waals surface area contributed by atoms with Crippen molar-refractivity contribution in [2.45, 2.75) is 44.2 Å². The van der Waals surface area contributed by atoms with Crippen molar-refractivity contribution in [2.24, 2.45) is 0 Å². The van der Waals surface area contributed by atoms with E-state index in [-0.39, 0.29) is 6.10 Å². The molecule has 0 spiro atoms. The monoisotopic (exact) mass is 274 g/mol. The van der Waals surface area contributed by atoms with E-state index in [4.69, 9.17) is 9.47 Å². The van der Waals surface area contributed by atoms with Crippen LogP contribution in [0, 0.1) is 11.3 Å². The molecule has 4 nitrogen and oxygen atoms in total. The molecule has 2 unspecified atom stereocenters. The van der Waals surface area contributed by atoms with Crippen molar-refractivity contribution in [1.29, 1.82) is 5.26 Å². The molecule has 1 aromatic rings. The van der Waals surface area contributed by atoms with Gasteiger partial charge in [0, 0.05) is 12.5 Å². The number of benzene rings is 1. The quantitative estimate of drug-likeness (QED) is 0.897. The van der Waals surface area contributed by atoms with Gasteiger partial charge >= 0.3 is 0 Å². The highest BCUT2D eigenvalue weighted by atomic mass is 16.5. The van der Waals surface area contributed by atoms with Crippen molar-refractivity contribution in [1.82, 2.24) is 5.32 Å². The molecule has 0 aliphatic heterocycles. The van der Waals surface area contributed by atoms with Gasteiger partial charge in [0.25, 0.3) is 0 Å². The van der Waals surface area contributed by atoms with Crippen LogP contribution in [0.1, 0.15) is 32.6 Å². The van der Waals surface area contributed by atoms with Crippen LogP contribution in [0.15, 0.2) is 24.3 Å². The predicted molar refractivity (Wildman–Crippen MR) is 77.9 cm³/mol. The van der Waals surface area contributed by atoms with E-state index in [1.165, 1.54) is 0 Å². The van der Waals surface area contributed by atoms with E-state index in [0.717, 1.165) is 43.7 Å². The molecule has 20 heavy (non-hydrogen) atoms. The summed E-state index contributed by atoms with van der Waals surface area (Å²) in [7, 11) is 1.64. The third-order valence-corrected chi connectivity index (χ3v) is 3.78.